The van der Waals surface area contributed by atoms with Gasteiger partial charge in [0, 0.05) is 10.6 Å². The molecule has 35 heavy (non-hydrogen) atoms. The predicted molar refractivity (Wildman–Crippen MR) is 148 cm³/mol. The normalized spacial score (nSPS) is 17.5. The average molecular weight is 699 g/mol. The molecule has 1 fully saturated rings. The molecular weight excluding hydrogens is 672 g/mol. The molecule has 2 unspecified atom stereocenters. The molecule has 2 atom stereocenters. The molecule has 7 nitrogen and oxygen atoms in total. The summed E-state index contributed by atoms with van der Waals surface area (Å²) in [4.78, 5) is 3.97. The Labute approximate surface area is 265 Å². The van der Waals surface area contributed by atoms with E-state index < -0.39 is 5.79 Å². The van der Waals surface area contributed by atoms with E-state index in [0.717, 1.165) is 24.8 Å². The third-order valence-electron chi connectivity index (χ3n) is 3.65. The van der Waals surface area contributed by atoms with Crippen LogP contribution in [-0.4, -0.2) is 36.1 Å². The Hall–Kier alpha value is 0.327. The SMILES string of the molecule is CCCC1COC(Cn2cncn2)(c2ccc(Cl)cc2Cl)O1.NC(=S)[S-].NC(=S)[S-].[CH2-]C[CH2-].[Zn+2].[Zn+2]. The van der Waals surface area contributed by atoms with E-state index in [1.807, 2.05) is 6.07 Å². The number of thiocarbonyl (C=S) groups is 2. The van der Waals surface area contributed by atoms with Gasteiger partial charge in [0.25, 0.3) is 0 Å². The summed E-state index contributed by atoms with van der Waals surface area (Å²) in [6.07, 6.45) is 5.87. The van der Waals surface area contributed by atoms with Gasteiger partial charge in [-0.05, 0) is 18.6 Å². The van der Waals surface area contributed by atoms with Crippen molar-refractivity contribution in [1.82, 2.24) is 14.8 Å². The first-order chi connectivity index (χ1) is 15.5. The van der Waals surface area contributed by atoms with Gasteiger partial charge in [0.2, 0.25) is 5.79 Å². The van der Waals surface area contributed by atoms with Crippen molar-refractivity contribution < 1.29 is 48.4 Å². The van der Waals surface area contributed by atoms with Crippen molar-refractivity contribution in [3.8, 4) is 0 Å². The van der Waals surface area contributed by atoms with Gasteiger partial charge < -0.3 is 90.9 Å². The maximum absolute atomic E-state index is 6.37. The molecule has 0 saturated carbocycles. The van der Waals surface area contributed by atoms with Gasteiger partial charge in [-0.15, -0.1) is 0 Å². The largest absolute Gasteiger partial charge is 2.00 e. The van der Waals surface area contributed by atoms with Crippen LogP contribution in [0.5, 0.6) is 0 Å². The van der Waals surface area contributed by atoms with E-state index in [1.165, 1.54) is 6.33 Å². The van der Waals surface area contributed by atoms with Gasteiger partial charge in [-0.3, -0.25) is 0 Å². The number of rotatable bonds is 5. The Morgan fingerprint density at radius 3 is 2.20 bits per heavy atom. The molecule has 1 aromatic heterocycles. The van der Waals surface area contributed by atoms with Gasteiger partial charge in [-0.1, -0.05) is 51.3 Å². The van der Waals surface area contributed by atoms with E-state index >= 15 is 0 Å². The summed E-state index contributed by atoms with van der Waals surface area (Å²) in [6, 6.07) is 5.32. The second-order valence-corrected chi connectivity index (χ2v) is 9.42. The van der Waals surface area contributed by atoms with Crippen LogP contribution < -0.4 is 11.5 Å². The summed E-state index contributed by atoms with van der Waals surface area (Å²) in [6.45, 7) is 9.78. The number of benzene rings is 1. The summed E-state index contributed by atoms with van der Waals surface area (Å²) >= 11 is 28.9. The van der Waals surface area contributed by atoms with E-state index in [1.54, 1.807) is 23.1 Å². The molecule has 2 heterocycles. The van der Waals surface area contributed by atoms with Crippen molar-refractivity contribution in [3.05, 3.63) is 60.3 Å². The monoisotopic (exact) mass is 695 g/mol. The molecule has 4 N–H and O–H groups in total. The molecule has 15 heteroatoms. The van der Waals surface area contributed by atoms with E-state index in [2.05, 4.69) is 92.0 Å². The first-order valence-corrected chi connectivity index (χ1v) is 12.0. The first kappa shape index (κ1) is 39.8. The molecule has 0 spiro atoms. The fourth-order valence-electron chi connectivity index (χ4n) is 2.66. The van der Waals surface area contributed by atoms with Crippen LogP contribution in [0.2, 0.25) is 10.0 Å². The fraction of sp³-hybridized carbons (Fsp3) is 0.400. The zero-order chi connectivity index (χ0) is 25.4. The van der Waals surface area contributed by atoms with Crippen LogP contribution in [-0.2, 0) is 86.0 Å². The molecule has 0 aliphatic carbocycles. The fourth-order valence-corrected chi connectivity index (χ4v) is 3.22. The number of hydrogen-bond donors (Lipinski definition) is 2. The van der Waals surface area contributed by atoms with E-state index in [9.17, 15) is 0 Å². The van der Waals surface area contributed by atoms with E-state index in [-0.39, 0.29) is 53.7 Å². The van der Waals surface area contributed by atoms with Gasteiger partial charge in [0.05, 0.1) is 17.7 Å². The third kappa shape index (κ3) is 17.5. The molecule has 1 saturated heterocycles. The maximum Gasteiger partial charge on any atom is 2.00 e. The minimum Gasteiger partial charge on any atom is -0.415 e. The minimum absolute atomic E-state index is 0. The van der Waals surface area contributed by atoms with Crippen LogP contribution in [0.3, 0.4) is 0 Å². The van der Waals surface area contributed by atoms with E-state index in [4.69, 9.17) is 32.7 Å². The summed E-state index contributed by atoms with van der Waals surface area (Å²) in [5, 5.41) is 5.24. The zero-order valence-electron chi connectivity index (χ0n) is 19.5. The van der Waals surface area contributed by atoms with Crippen molar-refractivity contribution >= 4 is 81.5 Å². The Kier molecular flexibility index (Phi) is 25.4. The quantitative estimate of drug-likeness (QED) is 0.204. The van der Waals surface area contributed by atoms with Gasteiger partial charge in [0.15, 0.2) is 0 Å². The third-order valence-corrected chi connectivity index (χ3v) is 4.20. The van der Waals surface area contributed by atoms with Crippen molar-refractivity contribution in [2.24, 2.45) is 11.5 Å². The molecule has 0 amide bonds. The van der Waals surface area contributed by atoms with Crippen LogP contribution >= 0.6 is 47.6 Å². The zero-order valence-corrected chi connectivity index (χ0v) is 30.2. The number of aromatic nitrogens is 3. The standard InChI is InChI=1S/C15H17Cl2N3O2.C3H6.2CH3NS2.2Zn/c1-2-3-12-7-21-15(22-12,8-20-10-18-9-19-20)13-5-4-11(16)6-14(13)17;1-3-2;2*2-1(3)4;;/h4-6,9-10,12H,2-3,7-8H2,1H3;1-3H2;2*(H3,2,3,4);;/q;-2;;;2*+2/p-2. The molecular formula is C20H27Cl2N5O2S4Zn2. The first-order valence-electron chi connectivity index (χ1n) is 9.62. The molecule has 1 aromatic carbocycles. The van der Waals surface area contributed by atoms with Gasteiger partial charge in [0.1, 0.15) is 19.2 Å². The van der Waals surface area contributed by atoms with Crippen LogP contribution in [0, 0.1) is 13.8 Å². The van der Waals surface area contributed by atoms with Crippen molar-refractivity contribution in [1.29, 1.82) is 0 Å². The number of halogens is 2. The molecule has 0 bridgehead atoms. The predicted octanol–water partition coefficient (Wildman–Crippen LogP) is 4.25. The van der Waals surface area contributed by atoms with Crippen LogP contribution in [0.1, 0.15) is 31.7 Å². The van der Waals surface area contributed by atoms with Gasteiger partial charge >= 0.3 is 39.0 Å². The Bertz CT molecular complexity index is 837. The number of nitrogens with two attached hydrogens (primary N) is 2. The molecule has 1 aliphatic rings. The number of ether oxygens (including phenoxy) is 2. The topological polar surface area (TPSA) is 101 Å². The maximum atomic E-state index is 6.37. The van der Waals surface area contributed by atoms with Crippen molar-refractivity contribution in [2.45, 2.75) is 44.6 Å². The molecule has 186 valence electrons. The summed E-state index contributed by atoms with van der Waals surface area (Å²) in [5.41, 5.74) is 10.1. The van der Waals surface area contributed by atoms with Crippen LogP contribution in [0.15, 0.2) is 30.9 Å². The minimum atomic E-state index is -0.963. The van der Waals surface area contributed by atoms with Gasteiger partial charge in [-0.2, -0.15) is 5.10 Å². The summed E-state index contributed by atoms with van der Waals surface area (Å²) in [5.74, 6) is -0.963. The van der Waals surface area contributed by atoms with Crippen LogP contribution in [0.4, 0.5) is 0 Å². The molecule has 3 rings (SSSR count). The van der Waals surface area contributed by atoms with Crippen molar-refractivity contribution in [3.63, 3.8) is 0 Å². The van der Waals surface area contributed by atoms with E-state index in [0.29, 0.717) is 23.2 Å². The van der Waals surface area contributed by atoms with Crippen LogP contribution in [0.25, 0.3) is 0 Å². The van der Waals surface area contributed by atoms with Crippen molar-refractivity contribution in [2.75, 3.05) is 6.61 Å². The molecule has 2 aromatic rings. The molecule has 0 radical (unpaired) electrons. The number of nitrogens with zero attached hydrogens (tertiary/aromatic N) is 3. The summed E-state index contributed by atoms with van der Waals surface area (Å²) < 4.78 is 14.1. The van der Waals surface area contributed by atoms with Gasteiger partial charge in [-0.25, -0.2) is 9.67 Å². The second kappa shape index (κ2) is 22.3. The summed E-state index contributed by atoms with van der Waals surface area (Å²) in [7, 11) is 0. The average Bonchev–Trinajstić information content (AvgIpc) is 3.33. The molecule has 1 aliphatic heterocycles. The Balaban J connectivity index is -0.000000673. The number of hydrogen-bond acceptors (Lipinski definition) is 8. The Morgan fingerprint density at radius 1 is 1.23 bits per heavy atom. The Morgan fingerprint density at radius 2 is 1.77 bits per heavy atom. The smallest absolute Gasteiger partial charge is 0.415 e. The second-order valence-electron chi connectivity index (χ2n) is 6.30.